The molecule has 0 radical (unpaired) electrons. The normalized spacial score (nSPS) is 15.0. The van der Waals surface area contributed by atoms with Crippen LogP contribution in [0.3, 0.4) is 0 Å². The average Bonchev–Trinajstić information content (AvgIpc) is 2.56. The van der Waals surface area contributed by atoms with E-state index < -0.39 is 0 Å². The maximum Gasteiger partial charge on any atom is 0.253 e. The number of phenols is 1. The number of benzene rings is 2. The molecule has 0 spiro atoms. The lowest BCUT2D eigenvalue weighted by Gasteiger charge is -2.36. The summed E-state index contributed by atoms with van der Waals surface area (Å²) in [7, 11) is 0. The predicted octanol–water partition coefficient (Wildman–Crippen LogP) is 2.49. The van der Waals surface area contributed by atoms with E-state index in [0.717, 1.165) is 18.8 Å². The Bertz CT molecular complexity index is 647. The molecule has 0 atom stereocenters. The quantitative estimate of drug-likeness (QED) is 0.926. The molecule has 1 amide bonds. The van der Waals surface area contributed by atoms with Gasteiger partial charge in [-0.05, 0) is 48.5 Å². The fourth-order valence-corrected chi connectivity index (χ4v) is 2.61. The third-order valence-corrected chi connectivity index (χ3v) is 3.87. The average molecular weight is 300 g/mol. The number of aromatic hydroxyl groups is 1. The van der Waals surface area contributed by atoms with Crippen LogP contribution in [0.15, 0.2) is 48.5 Å². The van der Waals surface area contributed by atoms with Crippen molar-refractivity contribution in [2.75, 3.05) is 31.1 Å². The number of nitrogens with zero attached hydrogens (tertiary/aromatic N) is 2. The van der Waals surface area contributed by atoms with E-state index >= 15 is 0 Å². The summed E-state index contributed by atoms with van der Waals surface area (Å²) in [6, 6.07) is 12.7. The molecule has 1 fully saturated rings. The number of carbonyl (C=O) groups excluding carboxylic acids is 1. The van der Waals surface area contributed by atoms with Crippen LogP contribution in [0, 0.1) is 5.82 Å². The van der Waals surface area contributed by atoms with E-state index in [1.165, 1.54) is 24.3 Å². The fraction of sp³-hybridized carbons (Fsp3) is 0.235. The zero-order valence-corrected chi connectivity index (χ0v) is 12.1. The lowest BCUT2D eigenvalue weighted by Crippen LogP contribution is -2.48. The smallest absolute Gasteiger partial charge is 0.253 e. The molecule has 0 bridgehead atoms. The SMILES string of the molecule is O=C(c1ccc(O)cc1)N1CCN(c2ccc(F)cc2)CC1. The fourth-order valence-electron chi connectivity index (χ4n) is 2.61. The van der Waals surface area contributed by atoms with Crippen molar-refractivity contribution in [3.63, 3.8) is 0 Å². The van der Waals surface area contributed by atoms with E-state index in [-0.39, 0.29) is 17.5 Å². The van der Waals surface area contributed by atoms with Crippen molar-refractivity contribution in [2.45, 2.75) is 0 Å². The van der Waals surface area contributed by atoms with E-state index in [1.807, 2.05) is 0 Å². The third kappa shape index (κ3) is 3.03. The Hall–Kier alpha value is -2.56. The van der Waals surface area contributed by atoms with Crippen LogP contribution in [-0.2, 0) is 0 Å². The second-order valence-corrected chi connectivity index (χ2v) is 5.30. The zero-order chi connectivity index (χ0) is 15.5. The van der Waals surface area contributed by atoms with Gasteiger partial charge in [-0.2, -0.15) is 0 Å². The number of amides is 1. The maximum absolute atomic E-state index is 12.9. The van der Waals surface area contributed by atoms with Gasteiger partial charge in [0, 0.05) is 37.4 Å². The maximum atomic E-state index is 12.9. The number of phenolic OH excluding ortho intramolecular Hbond substituents is 1. The first kappa shape index (κ1) is 14.4. The summed E-state index contributed by atoms with van der Waals surface area (Å²) in [4.78, 5) is 16.3. The number of halogens is 1. The lowest BCUT2D eigenvalue weighted by atomic mass is 10.1. The molecule has 1 aliphatic heterocycles. The highest BCUT2D eigenvalue weighted by atomic mass is 19.1. The van der Waals surface area contributed by atoms with Crippen molar-refractivity contribution in [3.05, 3.63) is 59.9 Å². The van der Waals surface area contributed by atoms with Gasteiger partial charge in [0.05, 0.1) is 0 Å². The molecule has 1 heterocycles. The molecule has 2 aromatic carbocycles. The minimum Gasteiger partial charge on any atom is -0.508 e. The first-order valence-electron chi connectivity index (χ1n) is 7.22. The molecule has 3 rings (SSSR count). The van der Waals surface area contributed by atoms with Crippen molar-refractivity contribution >= 4 is 11.6 Å². The summed E-state index contributed by atoms with van der Waals surface area (Å²) in [6.45, 7) is 2.68. The van der Waals surface area contributed by atoms with Crippen LogP contribution in [0.4, 0.5) is 10.1 Å². The summed E-state index contributed by atoms with van der Waals surface area (Å²) in [5.74, 6) is -0.124. The zero-order valence-electron chi connectivity index (χ0n) is 12.1. The highest BCUT2D eigenvalue weighted by Gasteiger charge is 2.22. The molecule has 114 valence electrons. The van der Waals surface area contributed by atoms with Gasteiger partial charge in [-0.25, -0.2) is 4.39 Å². The van der Waals surface area contributed by atoms with Crippen LogP contribution >= 0.6 is 0 Å². The molecule has 0 saturated carbocycles. The molecule has 0 aromatic heterocycles. The predicted molar refractivity (Wildman–Crippen MR) is 82.6 cm³/mol. The van der Waals surface area contributed by atoms with E-state index in [9.17, 15) is 14.3 Å². The standard InChI is InChI=1S/C17H17FN2O2/c18-14-3-5-15(6-4-14)19-9-11-20(12-10-19)17(22)13-1-7-16(21)8-2-13/h1-8,21H,9-12H2. The Balaban J connectivity index is 1.62. The van der Waals surface area contributed by atoms with Crippen molar-refractivity contribution < 1.29 is 14.3 Å². The van der Waals surface area contributed by atoms with Crippen LogP contribution in [0.25, 0.3) is 0 Å². The van der Waals surface area contributed by atoms with E-state index in [4.69, 9.17) is 0 Å². The van der Waals surface area contributed by atoms with Gasteiger partial charge in [-0.15, -0.1) is 0 Å². The van der Waals surface area contributed by atoms with Gasteiger partial charge in [-0.1, -0.05) is 0 Å². The first-order valence-corrected chi connectivity index (χ1v) is 7.22. The lowest BCUT2D eigenvalue weighted by molar-refractivity contribution is 0.0747. The molecule has 1 N–H and O–H groups in total. The van der Waals surface area contributed by atoms with Crippen LogP contribution < -0.4 is 4.90 Å². The van der Waals surface area contributed by atoms with Crippen molar-refractivity contribution in [2.24, 2.45) is 0 Å². The summed E-state index contributed by atoms with van der Waals surface area (Å²) >= 11 is 0. The van der Waals surface area contributed by atoms with Crippen molar-refractivity contribution in [3.8, 4) is 5.75 Å². The largest absolute Gasteiger partial charge is 0.508 e. The van der Waals surface area contributed by atoms with Gasteiger partial charge in [0.1, 0.15) is 11.6 Å². The Morgan fingerprint density at radius 2 is 1.50 bits per heavy atom. The topological polar surface area (TPSA) is 43.8 Å². The number of anilines is 1. The molecular weight excluding hydrogens is 283 g/mol. The van der Waals surface area contributed by atoms with Crippen LogP contribution in [0.2, 0.25) is 0 Å². The second-order valence-electron chi connectivity index (χ2n) is 5.30. The van der Waals surface area contributed by atoms with Gasteiger partial charge in [0.15, 0.2) is 0 Å². The molecule has 22 heavy (non-hydrogen) atoms. The second kappa shape index (κ2) is 6.05. The molecule has 1 saturated heterocycles. The van der Waals surface area contributed by atoms with Crippen molar-refractivity contribution in [1.29, 1.82) is 0 Å². The number of hydrogen-bond acceptors (Lipinski definition) is 3. The minimum atomic E-state index is -0.245. The van der Waals surface area contributed by atoms with Gasteiger partial charge < -0.3 is 14.9 Å². The van der Waals surface area contributed by atoms with Crippen LogP contribution in [-0.4, -0.2) is 42.1 Å². The Kier molecular flexibility index (Phi) is 3.96. The first-order chi connectivity index (χ1) is 10.6. The van der Waals surface area contributed by atoms with Crippen LogP contribution in [0.1, 0.15) is 10.4 Å². The highest BCUT2D eigenvalue weighted by molar-refractivity contribution is 5.94. The third-order valence-electron chi connectivity index (χ3n) is 3.87. The molecule has 2 aromatic rings. The highest BCUT2D eigenvalue weighted by Crippen LogP contribution is 2.18. The monoisotopic (exact) mass is 300 g/mol. The molecule has 0 aliphatic carbocycles. The Morgan fingerprint density at radius 3 is 2.09 bits per heavy atom. The number of piperazine rings is 1. The molecular formula is C17H17FN2O2. The van der Waals surface area contributed by atoms with Gasteiger partial charge >= 0.3 is 0 Å². The molecule has 4 nitrogen and oxygen atoms in total. The van der Waals surface area contributed by atoms with Gasteiger partial charge in [0.25, 0.3) is 5.91 Å². The number of carbonyl (C=O) groups is 1. The summed E-state index contributed by atoms with van der Waals surface area (Å²) in [6.07, 6.45) is 0. The Morgan fingerprint density at radius 1 is 0.909 bits per heavy atom. The molecule has 0 unspecified atom stereocenters. The van der Waals surface area contributed by atoms with Gasteiger partial charge in [-0.3, -0.25) is 4.79 Å². The van der Waals surface area contributed by atoms with Crippen molar-refractivity contribution in [1.82, 2.24) is 4.90 Å². The van der Waals surface area contributed by atoms with E-state index in [0.29, 0.717) is 18.7 Å². The number of rotatable bonds is 2. The minimum absolute atomic E-state index is 0.0289. The number of hydrogen-bond donors (Lipinski definition) is 1. The van der Waals surface area contributed by atoms with Gasteiger partial charge in [0.2, 0.25) is 0 Å². The molecule has 5 heteroatoms. The summed E-state index contributed by atoms with van der Waals surface area (Å²) < 4.78 is 12.9. The van der Waals surface area contributed by atoms with E-state index in [2.05, 4.69) is 4.90 Å². The van der Waals surface area contributed by atoms with Crippen LogP contribution in [0.5, 0.6) is 5.75 Å². The Labute approximate surface area is 128 Å². The summed E-state index contributed by atoms with van der Waals surface area (Å²) in [5, 5.41) is 9.27. The summed E-state index contributed by atoms with van der Waals surface area (Å²) in [5.41, 5.74) is 1.55. The van der Waals surface area contributed by atoms with E-state index in [1.54, 1.807) is 29.2 Å². The molecule has 1 aliphatic rings.